The summed E-state index contributed by atoms with van der Waals surface area (Å²) in [5, 5.41) is 4.84. The van der Waals surface area contributed by atoms with Gasteiger partial charge in [-0.3, -0.25) is 4.79 Å². The SMILES string of the molecule is O=C(N/N=C/c1ccc(Cl)cc1Cl)c1cc(Br)c(Br)[nH]1. The van der Waals surface area contributed by atoms with Crippen molar-refractivity contribution in [1.82, 2.24) is 10.4 Å². The normalized spacial score (nSPS) is 11.0. The number of rotatable bonds is 3. The molecule has 0 spiro atoms. The van der Waals surface area contributed by atoms with Crippen LogP contribution in [-0.4, -0.2) is 17.1 Å². The number of hydrogen-bond acceptors (Lipinski definition) is 2. The maximum atomic E-state index is 11.8. The first kappa shape index (κ1) is 15.6. The van der Waals surface area contributed by atoms with E-state index in [2.05, 4.69) is 47.4 Å². The molecular formula is C12H7Br2Cl2N3O. The summed E-state index contributed by atoms with van der Waals surface area (Å²) < 4.78 is 1.44. The molecule has 20 heavy (non-hydrogen) atoms. The van der Waals surface area contributed by atoms with Crippen molar-refractivity contribution in [3.05, 3.63) is 54.6 Å². The molecule has 0 saturated carbocycles. The van der Waals surface area contributed by atoms with E-state index in [0.717, 1.165) is 4.47 Å². The van der Waals surface area contributed by atoms with E-state index in [1.165, 1.54) is 6.21 Å². The average molecular weight is 440 g/mol. The van der Waals surface area contributed by atoms with Crippen LogP contribution in [0.5, 0.6) is 0 Å². The number of nitrogens with zero attached hydrogens (tertiary/aromatic N) is 1. The highest BCUT2D eigenvalue weighted by Crippen LogP contribution is 2.23. The van der Waals surface area contributed by atoms with Crippen LogP contribution in [0.1, 0.15) is 16.1 Å². The van der Waals surface area contributed by atoms with E-state index in [4.69, 9.17) is 23.2 Å². The first-order valence-electron chi connectivity index (χ1n) is 5.30. The zero-order valence-corrected chi connectivity index (χ0v) is 14.4. The summed E-state index contributed by atoms with van der Waals surface area (Å²) in [6.07, 6.45) is 1.45. The molecular weight excluding hydrogens is 433 g/mol. The van der Waals surface area contributed by atoms with Crippen LogP contribution in [0.3, 0.4) is 0 Å². The van der Waals surface area contributed by atoms with Crippen molar-refractivity contribution >= 4 is 67.2 Å². The van der Waals surface area contributed by atoms with Crippen LogP contribution in [0.2, 0.25) is 10.0 Å². The molecule has 0 aliphatic carbocycles. The van der Waals surface area contributed by atoms with Crippen LogP contribution in [0.15, 0.2) is 38.4 Å². The summed E-state index contributed by atoms with van der Waals surface area (Å²) in [6, 6.07) is 6.65. The van der Waals surface area contributed by atoms with Gasteiger partial charge >= 0.3 is 0 Å². The number of aromatic amines is 1. The van der Waals surface area contributed by atoms with Crippen molar-refractivity contribution in [3.8, 4) is 0 Å². The Balaban J connectivity index is 2.04. The molecule has 0 aliphatic heterocycles. The molecule has 2 aromatic rings. The number of aromatic nitrogens is 1. The number of carbonyl (C=O) groups is 1. The third kappa shape index (κ3) is 3.85. The fourth-order valence-corrected chi connectivity index (χ4v) is 2.47. The predicted octanol–water partition coefficient (Wildman–Crippen LogP) is 4.61. The number of halogens is 4. The highest BCUT2D eigenvalue weighted by atomic mass is 79.9. The molecule has 4 nitrogen and oxygen atoms in total. The fraction of sp³-hybridized carbons (Fsp3) is 0. The lowest BCUT2D eigenvalue weighted by Gasteiger charge is -1.99. The van der Waals surface area contributed by atoms with Gasteiger partial charge in [0.05, 0.1) is 20.3 Å². The van der Waals surface area contributed by atoms with Gasteiger partial charge in [0.15, 0.2) is 0 Å². The van der Waals surface area contributed by atoms with Gasteiger partial charge in [-0.15, -0.1) is 0 Å². The lowest BCUT2D eigenvalue weighted by molar-refractivity contribution is 0.0950. The number of amides is 1. The van der Waals surface area contributed by atoms with Crippen molar-refractivity contribution in [2.24, 2.45) is 5.10 Å². The quantitative estimate of drug-likeness (QED) is 0.532. The Morgan fingerprint density at radius 1 is 1.30 bits per heavy atom. The molecule has 1 heterocycles. The second-order valence-electron chi connectivity index (χ2n) is 3.71. The smallest absolute Gasteiger partial charge is 0.287 e. The Bertz CT molecular complexity index is 666. The maximum Gasteiger partial charge on any atom is 0.287 e. The molecule has 0 atom stereocenters. The van der Waals surface area contributed by atoms with Gasteiger partial charge in [-0.05, 0) is 50.1 Å². The number of benzene rings is 1. The molecule has 1 amide bonds. The molecule has 0 radical (unpaired) electrons. The van der Waals surface area contributed by atoms with Gasteiger partial charge in [0.2, 0.25) is 0 Å². The molecule has 0 aliphatic rings. The maximum absolute atomic E-state index is 11.8. The van der Waals surface area contributed by atoms with Gasteiger partial charge in [-0.2, -0.15) is 5.10 Å². The topological polar surface area (TPSA) is 57.2 Å². The van der Waals surface area contributed by atoms with Crippen LogP contribution in [0.4, 0.5) is 0 Å². The number of H-pyrrole nitrogens is 1. The van der Waals surface area contributed by atoms with Crippen LogP contribution in [0, 0.1) is 0 Å². The third-order valence-corrected chi connectivity index (χ3v) is 4.65. The van der Waals surface area contributed by atoms with Gasteiger partial charge in [0.25, 0.3) is 5.91 Å². The second kappa shape index (κ2) is 6.76. The van der Waals surface area contributed by atoms with Crippen LogP contribution >= 0.6 is 55.1 Å². The summed E-state index contributed by atoms with van der Waals surface area (Å²) in [4.78, 5) is 14.6. The van der Waals surface area contributed by atoms with Crippen molar-refractivity contribution in [3.63, 3.8) is 0 Å². The zero-order valence-electron chi connectivity index (χ0n) is 9.75. The lowest BCUT2D eigenvalue weighted by atomic mass is 10.2. The highest BCUT2D eigenvalue weighted by molar-refractivity contribution is 9.13. The first-order valence-corrected chi connectivity index (χ1v) is 7.64. The van der Waals surface area contributed by atoms with Gasteiger partial charge in [-0.1, -0.05) is 29.3 Å². The van der Waals surface area contributed by atoms with E-state index in [9.17, 15) is 4.79 Å². The van der Waals surface area contributed by atoms with E-state index >= 15 is 0 Å². The Labute approximate surface area is 141 Å². The predicted molar refractivity (Wildman–Crippen MR) is 87.7 cm³/mol. The highest BCUT2D eigenvalue weighted by Gasteiger charge is 2.10. The number of hydrogen-bond donors (Lipinski definition) is 2. The molecule has 0 bridgehead atoms. The largest absolute Gasteiger partial charge is 0.344 e. The minimum absolute atomic E-state index is 0.363. The summed E-state index contributed by atoms with van der Waals surface area (Å²) in [6.45, 7) is 0. The van der Waals surface area contributed by atoms with Crippen molar-refractivity contribution in [2.75, 3.05) is 0 Å². The number of nitrogens with one attached hydrogen (secondary N) is 2. The average Bonchev–Trinajstić information content (AvgIpc) is 2.72. The van der Waals surface area contributed by atoms with E-state index in [-0.39, 0.29) is 5.91 Å². The van der Waals surface area contributed by atoms with E-state index < -0.39 is 0 Å². The van der Waals surface area contributed by atoms with Crippen molar-refractivity contribution in [1.29, 1.82) is 0 Å². The molecule has 2 rings (SSSR count). The van der Waals surface area contributed by atoms with E-state index in [1.807, 2.05) is 0 Å². The van der Waals surface area contributed by atoms with Gasteiger partial charge < -0.3 is 4.98 Å². The fourth-order valence-electron chi connectivity index (χ4n) is 1.35. The Morgan fingerprint density at radius 3 is 2.65 bits per heavy atom. The lowest BCUT2D eigenvalue weighted by Crippen LogP contribution is -2.17. The van der Waals surface area contributed by atoms with Crippen molar-refractivity contribution in [2.45, 2.75) is 0 Å². The van der Waals surface area contributed by atoms with Crippen LogP contribution < -0.4 is 5.43 Å². The zero-order chi connectivity index (χ0) is 14.7. The monoisotopic (exact) mass is 437 g/mol. The summed E-state index contributed by atoms with van der Waals surface area (Å²) >= 11 is 18.3. The summed E-state index contributed by atoms with van der Waals surface area (Å²) in [5.74, 6) is -0.363. The van der Waals surface area contributed by atoms with Crippen molar-refractivity contribution < 1.29 is 4.79 Å². The van der Waals surface area contributed by atoms with Crippen LogP contribution in [0.25, 0.3) is 0 Å². The van der Waals surface area contributed by atoms with Gasteiger partial charge in [0.1, 0.15) is 5.69 Å². The molecule has 0 fully saturated rings. The van der Waals surface area contributed by atoms with E-state index in [0.29, 0.717) is 25.9 Å². The molecule has 8 heteroatoms. The number of carbonyl (C=O) groups excluding carboxylic acids is 1. The third-order valence-electron chi connectivity index (χ3n) is 2.30. The Morgan fingerprint density at radius 2 is 2.05 bits per heavy atom. The molecule has 0 saturated heterocycles. The summed E-state index contributed by atoms with van der Waals surface area (Å²) in [5.41, 5.74) is 3.43. The summed E-state index contributed by atoms with van der Waals surface area (Å²) in [7, 11) is 0. The Kier molecular flexibility index (Phi) is 5.26. The molecule has 1 aromatic heterocycles. The molecule has 0 unspecified atom stereocenters. The molecule has 104 valence electrons. The minimum Gasteiger partial charge on any atom is -0.344 e. The number of hydrazone groups is 1. The van der Waals surface area contributed by atoms with Gasteiger partial charge in [0, 0.05) is 10.6 Å². The minimum atomic E-state index is -0.363. The molecule has 2 N–H and O–H groups in total. The van der Waals surface area contributed by atoms with Crippen LogP contribution in [-0.2, 0) is 0 Å². The molecule has 1 aromatic carbocycles. The standard InChI is InChI=1S/C12H7Br2Cl2N3O/c13-8-4-10(18-11(8)14)12(20)19-17-5-6-1-2-7(15)3-9(6)16/h1-5,18H,(H,19,20)/b17-5+. The van der Waals surface area contributed by atoms with Gasteiger partial charge in [-0.25, -0.2) is 5.43 Å². The Hall–Kier alpha value is -0.820. The second-order valence-corrected chi connectivity index (χ2v) is 6.20. The van der Waals surface area contributed by atoms with E-state index in [1.54, 1.807) is 24.3 Å². The first-order chi connectivity index (χ1) is 9.47.